The fourth-order valence-corrected chi connectivity index (χ4v) is 1.89. The molecule has 0 aliphatic rings. The number of anilines is 1. The number of nitrogens with two attached hydrogens (primary N) is 1. The summed E-state index contributed by atoms with van der Waals surface area (Å²) in [5, 5.41) is 0. The summed E-state index contributed by atoms with van der Waals surface area (Å²) < 4.78 is 44.3. The van der Waals surface area contributed by atoms with Gasteiger partial charge in [-0.3, -0.25) is 0 Å². The SMILES string of the molecule is Cc1c(N)cccc1Oc1ncc(Br)cc1C(F)(F)F. The number of alkyl halides is 3. The van der Waals surface area contributed by atoms with Crippen LogP contribution in [0.3, 0.4) is 0 Å². The molecule has 0 radical (unpaired) electrons. The lowest BCUT2D eigenvalue weighted by atomic mass is 10.2. The third-order valence-corrected chi connectivity index (χ3v) is 3.09. The molecule has 1 aromatic carbocycles. The lowest BCUT2D eigenvalue weighted by Gasteiger charge is -2.14. The number of ether oxygens (including phenoxy) is 1. The van der Waals surface area contributed by atoms with Gasteiger partial charge in [0.2, 0.25) is 5.88 Å². The number of benzene rings is 1. The molecule has 3 nitrogen and oxygen atoms in total. The van der Waals surface area contributed by atoms with Crippen molar-refractivity contribution in [2.24, 2.45) is 0 Å². The average molecular weight is 347 g/mol. The maximum Gasteiger partial charge on any atom is 0.421 e. The molecule has 0 spiro atoms. The van der Waals surface area contributed by atoms with Gasteiger partial charge in [-0.05, 0) is 41.1 Å². The van der Waals surface area contributed by atoms with Crippen molar-refractivity contribution in [3.05, 3.63) is 46.1 Å². The third-order valence-electron chi connectivity index (χ3n) is 2.66. The molecule has 0 bridgehead atoms. The fourth-order valence-electron chi connectivity index (χ4n) is 1.56. The summed E-state index contributed by atoms with van der Waals surface area (Å²) in [4.78, 5) is 3.68. The van der Waals surface area contributed by atoms with Gasteiger partial charge in [-0.1, -0.05) is 6.07 Å². The smallest absolute Gasteiger partial charge is 0.421 e. The standard InChI is InChI=1S/C13H10BrF3N2O/c1-7-10(18)3-2-4-11(7)20-12-9(13(15,16)17)5-8(14)6-19-12/h2-6H,18H2,1H3. The second-order valence-corrected chi connectivity index (χ2v) is 4.99. The van der Waals surface area contributed by atoms with Gasteiger partial charge in [0, 0.05) is 21.9 Å². The van der Waals surface area contributed by atoms with Gasteiger partial charge in [0.1, 0.15) is 11.3 Å². The Morgan fingerprint density at radius 3 is 2.65 bits per heavy atom. The van der Waals surface area contributed by atoms with Gasteiger partial charge in [0.05, 0.1) is 0 Å². The van der Waals surface area contributed by atoms with E-state index in [4.69, 9.17) is 10.5 Å². The molecule has 0 aliphatic carbocycles. The fraction of sp³-hybridized carbons (Fsp3) is 0.154. The van der Waals surface area contributed by atoms with Crippen LogP contribution < -0.4 is 10.5 Å². The Kier molecular flexibility index (Phi) is 3.89. The summed E-state index contributed by atoms with van der Waals surface area (Å²) in [6.45, 7) is 1.66. The van der Waals surface area contributed by atoms with Crippen LogP contribution in [0.2, 0.25) is 0 Å². The molecule has 0 fully saturated rings. The molecule has 0 saturated carbocycles. The Hall–Kier alpha value is -1.76. The highest BCUT2D eigenvalue weighted by Gasteiger charge is 2.36. The average Bonchev–Trinajstić information content (AvgIpc) is 2.36. The quantitative estimate of drug-likeness (QED) is 0.811. The van der Waals surface area contributed by atoms with Crippen molar-refractivity contribution in [1.29, 1.82) is 0 Å². The largest absolute Gasteiger partial charge is 0.438 e. The van der Waals surface area contributed by atoms with E-state index in [1.807, 2.05) is 0 Å². The van der Waals surface area contributed by atoms with Crippen LogP contribution in [-0.4, -0.2) is 4.98 Å². The summed E-state index contributed by atoms with van der Waals surface area (Å²) in [5.74, 6) is -0.264. The van der Waals surface area contributed by atoms with Crippen molar-refractivity contribution in [3.8, 4) is 11.6 Å². The molecule has 0 amide bonds. The first-order valence-electron chi connectivity index (χ1n) is 5.54. The first-order valence-corrected chi connectivity index (χ1v) is 6.34. The van der Waals surface area contributed by atoms with Crippen molar-refractivity contribution >= 4 is 21.6 Å². The van der Waals surface area contributed by atoms with Crippen LogP contribution in [0.5, 0.6) is 11.6 Å². The lowest BCUT2D eigenvalue weighted by Crippen LogP contribution is -2.09. The number of nitrogen functional groups attached to an aromatic ring is 1. The van der Waals surface area contributed by atoms with E-state index in [1.54, 1.807) is 19.1 Å². The van der Waals surface area contributed by atoms with Crippen molar-refractivity contribution < 1.29 is 17.9 Å². The number of aromatic nitrogens is 1. The first-order chi connectivity index (χ1) is 9.29. The van der Waals surface area contributed by atoms with Crippen LogP contribution in [-0.2, 0) is 6.18 Å². The topological polar surface area (TPSA) is 48.1 Å². The van der Waals surface area contributed by atoms with Gasteiger partial charge < -0.3 is 10.5 Å². The minimum absolute atomic E-state index is 0.224. The summed E-state index contributed by atoms with van der Waals surface area (Å²) in [6.07, 6.45) is -3.31. The molecule has 20 heavy (non-hydrogen) atoms. The number of rotatable bonds is 2. The van der Waals surface area contributed by atoms with Crippen LogP contribution in [0, 0.1) is 6.92 Å². The van der Waals surface area contributed by atoms with Gasteiger partial charge in [-0.2, -0.15) is 13.2 Å². The van der Waals surface area contributed by atoms with Crippen LogP contribution in [0.4, 0.5) is 18.9 Å². The predicted molar refractivity (Wildman–Crippen MR) is 72.6 cm³/mol. The van der Waals surface area contributed by atoms with Crippen molar-refractivity contribution in [2.75, 3.05) is 5.73 Å². The first kappa shape index (κ1) is 14.6. The molecular formula is C13H10BrF3N2O. The van der Waals surface area contributed by atoms with Crippen molar-refractivity contribution in [2.45, 2.75) is 13.1 Å². The number of hydrogen-bond donors (Lipinski definition) is 1. The molecule has 0 saturated heterocycles. The number of halogens is 4. The van der Waals surface area contributed by atoms with E-state index in [1.165, 1.54) is 12.3 Å². The van der Waals surface area contributed by atoms with Crippen molar-refractivity contribution in [3.63, 3.8) is 0 Å². The van der Waals surface area contributed by atoms with Gasteiger partial charge >= 0.3 is 6.18 Å². The van der Waals surface area contributed by atoms with E-state index in [-0.39, 0.29) is 10.2 Å². The molecule has 2 N–H and O–H groups in total. The number of nitrogens with zero attached hydrogens (tertiary/aromatic N) is 1. The normalized spacial score (nSPS) is 11.4. The van der Waals surface area contributed by atoms with E-state index in [0.29, 0.717) is 11.3 Å². The summed E-state index contributed by atoms with van der Waals surface area (Å²) >= 11 is 2.96. The summed E-state index contributed by atoms with van der Waals surface area (Å²) in [5.41, 5.74) is 5.74. The molecule has 0 unspecified atom stereocenters. The van der Waals surface area contributed by atoms with Crippen LogP contribution in [0.15, 0.2) is 34.9 Å². The van der Waals surface area contributed by atoms with Crippen LogP contribution >= 0.6 is 15.9 Å². The molecule has 2 aromatic rings. The highest BCUT2D eigenvalue weighted by molar-refractivity contribution is 9.10. The Bertz CT molecular complexity index is 644. The molecule has 2 rings (SSSR count). The molecule has 1 heterocycles. The third kappa shape index (κ3) is 3.04. The minimum atomic E-state index is -4.56. The Morgan fingerprint density at radius 2 is 2.00 bits per heavy atom. The second kappa shape index (κ2) is 5.32. The molecule has 0 atom stereocenters. The van der Waals surface area contributed by atoms with Crippen LogP contribution in [0.1, 0.15) is 11.1 Å². The zero-order chi connectivity index (χ0) is 14.9. The Morgan fingerprint density at radius 1 is 1.30 bits per heavy atom. The molecule has 106 valence electrons. The number of pyridine rings is 1. The van der Waals surface area contributed by atoms with E-state index in [2.05, 4.69) is 20.9 Å². The van der Waals surface area contributed by atoms with E-state index in [0.717, 1.165) is 6.07 Å². The zero-order valence-corrected chi connectivity index (χ0v) is 11.9. The van der Waals surface area contributed by atoms with Crippen molar-refractivity contribution in [1.82, 2.24) is 4.98 Å². The van der Waals surface area contributed by atoms with E-state index < -0.39 is 17.6 Å². The summed E-state index contributed by atoms with van der Waals surface area (Å²) in [6, 6.07) is 5.70. The maximum atomic E-state index is 12.9. The molecule has 1 aromatic heterocycles. The highest BCUT2D eigenvalue weighted by atomic mass is 79.9. The molecule has 7 heteroatoms. The zero-order valence-electron chi connectivity index (χ0n) is 10.3. The van der Waals surface area contributed by atoms with E-state index in [9.17, 15) is 13.2 Å². The minimum Gasteiger partial charge on any atom is -0.438 e. The predicted octanol–water partition coefficient (Wildman–Crippen LogP) is 4.55. The van der Waals surface area contributed by atoms with Gasteiger partial charge in [-0.25, -0.2) is 4.98 Å². The lowest BCUT2D eigenvalue weighted by molar-refractivity contribution is -0.138. The van der Waals surface area contributed by atoms with Gasteiger partial charge in [0.25, 0.3) is 0 Å². The Balaban J connectivity index is 2.46. The second-order valence-electron chi connectivity index (χ2n) is 4.08. The maximum absolute atomic E-state index is 12.9. The van der Waals surface area contributed by atoms with Crippen LogP contribution in [0.25, 0.3) is 0 Å². The van der Waals surface area contributed by atoms with E-state index >= 15 is 0 Å². The summed E-state index contributed by atoms with van der Waals surface area (Å²) in [7, 11) is 0. The molecular weight excluding hydrogens is 337 g/mol. The monoisotopic (exact) mass is 346 g/mol. The highest BCUT2D eigenvalue weighted by Crippen LogP contribution is 2.39. The van der Waals surface area contributed by atoms with Gasteiger partial charge in [-0.15, -0.1) is 0 Å². The number of hydrogen-bond acceptors (Lipinski definition) is 3. The van der Waals surface area contributed by atoms with Gasteiger partial charge in [0.15, 0.2) is 0 Å². The molecule has 0 aliphatic heterocycles. The Labute approximate surface area is 121 Å².